The largest absolute Gasteiger partial charge is 0.295 e. The van der Waals surface area contributed by atoms with Crippen LogP contribution < -0.4 is 0 Å². The topological polar surface area (TPSA) is 17.1 Å². The molecule has 0 aromatic carbocycles. The van der Waals surface area contributed by atoms with Crippen molar-refractivity contribution >= 4 is 5.78 Å². The van der Waals surface area contributed by atoms with E-state index < -0.39 is 0 Å². The quantitative estimate of drug-likeness (QED) is 0.519. The SMILES string of the molecule is C=C1CCC[C@]2(C)C=CC(=O)C[C@@H]12. The minimum Gasteiger partial charge on any atom is -0.295 e. The Morgan fingerprint density at radius 1 is 1.62 bits per heavy atom. The van der Waals surface area contributed by atoms with Crippen LogP contribution in [0, 0.1) is 11.3 Å². The van der Waals surface area contributed by atoms with Crippen molar-refractivity contribution in [3.63, 3.8) is 0 Å². The smallest absolute Gasteiger partial charge is 0.156 e. The molecule has 1 nitrogen and oxygen atoms in total. The van der Waals surface area contributed by atoms with Gasteiger partial charge in [0.25, 0.3) is 0 Å². The molecule has 0 aromatic rings. The van der Waals surface area contributed by atoms with Crippen molar-refractivity contribution in [3.8, 4) is 0 Å². The van der Waals surface area contributed by atoms with Gasteiger partial charge in [0.2, 0.25) is 0 Å². The summed E-state index contributed by atoms with van der Waals surface area (Å²) in [6.45, 7) is 6.35. The second-order valence-electron chi connectivity index (χ2n) is 4.57. The Hall–Kier alpha value is -0.850. The number of rotatable bonds is 0. The third-order valence-electron chi connectivity index (χ3n) is 3.56. The molecule has 1 fully saturated rings. The van der Waals surface area contributed by atoms with Crippen LogP contribution in [0.4, 0.5) is 0 Å². The van der Waals surface area contributed by atoms with Crippen LogP contribution in [0.15, 0.2) is 24.3 Å². The normalized spacial score (nSPS) is 39.0. The Morgan fingerprint density at radius 2 is 2.38 bits per heavy atom. The summed E-state index contributed by atoms with van der Waals surface area (Å²) in [6, 6.07) is 0. The minimum atomic E-state index is 0.225. The van der Waals surface area contributed by atoms with E-state index in [1.165, 1.54) is 18.4 Å². The molecule has 2 aliphatic rings. The molecule has 0 radical (unpaired) electrons. The number of carbonyl (C=O) groups excluding carboxylic acids is 1. The maximum Gasteiger partial charge on any atom is 0.156 e. The number of hydrogen-bond acceptors (Lipinski definition) is 1. The second kappa shape index (κ2) is 2.83. The van der Waals surface area contributed by atoms with Crippen molar-refractivity contribution in [2.75, 3.05) is 0 Å². The minimum absolute atomic E-state index is 0.225. The molecule has 1 saturated carbocycles. The lowest BCUT2D eigenvalue weighted by molar-refractivity contribution is -0.116. The molecule has 0 bridgehead atoms. The van der Waals surface area contributed by atoms with Crippen LogP contribution in [0.3, 0.4) is 0 Å². The van der Waals surface area contributed by atoms with Gasteiger partial charge < -0.3 is 0 Å². The maximum absolute atomic E-state index is 11.3. The van der Waals surface area contributed by atoms with Gasteiger partial charge in [-0.3, -0.25) is 4.79 Å². The van der Waals surface area contributed by atoms with E-state index in [1.807, 2.05) is 0 Å². The van der Waals surface area contributed by atoms with Gasteiger partial charge in [-0.2, -0.15) is 0 Å². The zero-order chi connectivity index (χ0) is 9.47. The first-order valence-electron chi connectivity index (χ1n) is 5.01. The van der Waals surface area contributed by atoms with Crippen LogP contribution in [0.2, 0.25) is 0 Å². The first kappa shape index (κ1) is 8.74. The van der Waals surface area contributed by atoms with Crippen molar-refractivity contribution in [3.05, 3.63) is 24.3 Å². The lowest BCUT2D eigenvalue weighted by Crippen LogP contribution is -2.34. The van der Waals surface area contributed by atoms with Crippen LogP contribution in [0.25, 0.3) is 0 Å². The van der Waals surface area contributed by atoms with Gasteiger partial charge in [0.05, 0.1) is 0 Å². The van der Waals surface area contributed by atoms with Crippen molar-refractivity contribution in [2.24, 2.45) is 11.3 Å². The Labute approximate surface area is 79.5 Å². The summed E-state index contributed by atoms with van der Waals surface area (Å²) in [4.78, 5) is 11.3. The Morgan fingerprint density at radius 3 is 3.15 bits per heavy atom. The predicted octanol–water partition coefficient (Wildman–Crippen LogP) is 2.88. The Balaban J connectivity index is 2.33. The fraction of sp³-hybridized carbons (Fsp3) is 0.583. The fourth-order valence-corrected chi connectivity index (χ4v) is 2.64. The van der Waals surface area contributed by atoms with Crippen LogP contribution in [-0.4, -0.2) is 5.78 Å². The van der Waals surface area contributed by atoms with Gasteiger partial charge in [-0.25, -0.2) is 0 Å². The molecule has 2 rings (SSSR count). The highest BCUT2D eigenvalue weighted by molar-refractivity contribution is 5.91. The molecule has 0 saturated heterocycles. The van der Waals surface area contributed by atoms with Crippen molar-refractivity contribution in [1.29, 1.82) is 0 Å². The predicted molar refractivity (Wildman–Crippen MR) is 53.4 cm³/mol. The summed E-state index contributed by atoms with van der Waals surface area (Å²) in [7, 11) is 0. The molecule has 2 atom stereocenters. The summed E-state index contributed by atoms with van der Waals surface area (Å²) in [5.41, 5.74) is 1.51. The number of allylic oxidation sites excluding steroid dienone is 3. The fourth-order valence-electron chi connectivity index (χ4n) is 2.64. The van der Waals surface area contributed by atoms with E-state index in [2.05, 4.69) is 19.6 Å². The van der Waals surface area contributed by atoms with E-state index in [4.69, 9.17) is 0 Å². The molecule has 2 aliphatic carbocycles. The zero-order valence-electron chi connectivity index (χ0n) is 8.18. The van der Waals surface area contributed by atoms with E-state index in [0.717, 1.165) is 6.42 Å². The molecule has 13 heavy (non-hydrogen) atoms. The maximum atomic E-state index is 11.3. The molecular weight excluding hydrogens is 160 g/mol. The van der Waals surface area contributed by atoms with E-state index in [0.29, 0.717) is 12.3 Å². The molecular formula is C12H16O. The number of carbonyl (C=O) groups is 1. The molecule has 0 unspecified atom stereocenters. The van der Waals surface area contributed by atoms with Gasteiger partial charge in [0.1, 0.15) is 0 Å². The average Bonchev–Trinajstić information content (AvgIpc) is 2.08. The third kappa shape index (κ3) is 1.37. The standard InChI is InChI=1S/C12H16O/c1-9-4-3-6-12(2)7-5-10(13)8-11(9)12/h5,7,11H,1,3-4,6,8H2,2H3/t11-,12+/m0/s1. The van der Waals surface area contributed by atoms with Gasteiger partial charge >= 0.3 is 0 Å². The monoisotopic (exact) mass is 176 g/mol. The van der Waals surface area contributed by atoms with Crippen molar-refractivity contribution in [1.82, 2.24) is 0 Å². The molecule has 0 N–H and O–H groups in total. The highest BCUT2D eigenvalue weighted by atomic mass is 16.1. The summed E-state index contributed by atoms with van der Waals surface area (Å²) < 4.78 is 0. The van der Waals surface area contributed by atoms with Crippen LogP contribution in [0.1, 0.15) is 32.6 Å². The lowest BCUT2D eigenvalue weighted by atomic mass is 9.62. The zero-order valence-corrected chi connectivity index (χ0v) is 8.18. The summed E-state index contributed by atoms with van der Waals surface area (Å²) in [5.74, 6) is 0.685. The highest BCUT2D eigenvalue weighted by Crippen LogP contribution is 2.48. The van der Waals surface area contributed by atoms with Gasteiger partial charge in [-0.15, -0.1) is 0 Å². The van der Waals surface area contributed by atoms with Gasteiger partial charge in [-0.05, 0) is 36.7 Å². The molecule has 0 aliphatic heterocycles. The number of fused-ring (bicyclic) bond motifs is 1. The van der Waals surface area contributed by atoms with Gasteiger partial charge in [0, 0.05) is 6.42 Å². The number of ketones is 1. The van der Waals surface area contributed by atoms with Gasteiger partial charge in [0.15, 0.2) is 5.78 Å². The van der Waals surface area contributed by atoms with E-state index in [9.17, 15) is 4.79 Å². The Bertz CT molecular complexity index is 287. The van der Waals surface area contributed by atoms with E-state index in [-0.39, 0.29) is 11.2 Å². The third-order valence-corrected chi connectivity index (χ3v) is 3.56. The second-order valence-corrected chi connectivity index (χ2v) is 4.57. The van der Waals surface area contributed by atoms with E-state index >= 15 is 0 Å². The molecule has 70 valence electrons. The highest BCUT2D eigenvalue weighted by Gasteiger charge is 2.39. The van der Waals surface area contributed by atoms with Crippen molar-refractivity contribution < 1.29 is 4.79 Å². The molecule has 0 aromatic heterocycles. The summed E-state index contributed by atoms with van der Waals surface area (Å²) >= 11 is 0. The van der Waals surface area contributed by atoms with E-state index in [1.54, 1.807) is 6.08 Å². The van der Waals surface area contributed by atoms with Crippen LogP contribution in [0.5, 0.6) is 0 Å². The molecule has 1 heteroatoms. The molecule has 0 spiro atoms. The first-order chi connectivity index (χ1) is 6.12. The molecule has 0 heterocycles. The average molecular weight is 176 g/mol. The lowest BCUT2D eigenvalue weighted by Gasteiger charge is -2.42. The summed E-state index contributed by atoms with van der Waals surface area (Å²) in [5, 5.41) is 0. The Kier molecular flexibility index (Phi) is 1.90. The van der Waals surface area contributed by atoms with Crippen molar-refractivity contribution in [2.45, 2.75) is 32.6 Å². The van der Waals surface area contributed by atoms with Gasteiger partial charge in [-0.1, -0.05) is 25.2 Å². The molecule has 0 amide bonds. The number of hydrogen-bond donors (Lipinski definition) is 0. The first-order valence-corrected chi connectivity index (χ1v) is 5.01. The summed E-state index contributed by atoms with van der Waals surface area (Å²) in [6.07, 6.45) is 8.10. The van der Waals surface area contributed by atoms with Crippen LogP contribution in [-0.2, 0) is 4.79 Å². The van der Waals surface area contributed by atoms with Crippen LogP contribution >= 0.6 is 0 Å².